The topological polar surface area (TPSA) is 63.7 Å². The molecule has 0 bridgehead atoms. The van der Waals surface area contributed by atoms with Gasteiger partial charge in [-0.1, -0.05) is 18.2 Å². The number of imide groups is 1. The molecule has 0 radical (unpaired) electrons. The van der Waals surface area contributed by atoms with Crippen LogP contribution in [0.2, 0.25) is 0 Å². The van der Waals surface area contributed by atoms with E-state index < -0.39 is 23.8 Å². The molecule has 5 nitrogen and oxygen atoms in total. The minimum absolute atomic E-state index is 0.165. The lowest BCUT2D eigenvalue weighted by molar-refractivity contribution is -0.145. The molecule has 19 heavy (non-hydrogen) atoms. The fraction of sp³-hybridized carbons (Fsp3) is 0.214. The summed E-state index contributed by atoms with van der Waals surface area (Å²) in [6.07, 6.45) is 1.64. The Morgan fingerprint density at radius 2 is 1.84 bits per heavy atom. The van der Waals surface area contributed by atoms with Crippen LogP contribution in [0.25, 0.3) is 0 Å². The molecule has 2 amide bonds. The molecule has 1 aromatic carbocycles. The van der Waals surface area contributed by atoms with E-state index in [-0.39, 0.29) is 6.42 Å². The summed E-state index contributed by atoms with van der Waals surface area (Å²) in [4.78, 5) is 37.1. The molecule has 1 aliphatic rings. The van der Waals surface area contributed by atoms with Crippen LogP contribution in [-0.4, -0.2) is 35.8 Å². The molecule has 0 spiro atoms. The number of hydrogen-bond acceptors (Lipinski definition) is 4. The molecule has 1 unspecified atom stereocenters. The number of carbonyl (C=O) groups is 3. The summed E-state index contributed by atoms with van der Waals surface area (Å²) in [6.45, 7) is 3.53. The second-order valence-electron chi connectivity index (χ2n) is 4.09. The summed E-state index contributed by atoms with van der Waals surface area (Å²) < 4.78 is 4.64. The Morgan fingerprint density at radius 1 is 1.32 bits per heavy atom. The Labute approximate surface area is 110 Å². The van der Waals surface area contributed by atoms with Crippen LogP contribution in [0.4, 0.5) is 0 Å². The lowest BCUT2D eigenvalue weighted by atomic mass is 10.1. The zero-order valence-corrected chi connectivity index (χ0v) is 10.5. The number of fused-ring (bicyclic) bond motifs is 1. The van der Waals surface area contributed by atoms with Gasteiger partial charge in [-0.3, -0.25) is 14.5 Å². The molecule has 0 N–H and O–H groups in total. The van der Waals surface area contributed by atoms with Crippen LogP contribution in [0.15, 0.2) is 36.9 Å². The maximum Gasteiger partial charge on any atom is 0.329 e. The van der Waals surface area contributed by atoms with Crippen molar-refractivity contribution in [1.29, 1.82) is 0 Å². The van der Waals surface area contributed by atoms with Crippen molar-refractivity contribution in [3.8, 4) is 0 Å². The van der Waals surface area contributed by atoms with Gasteiger partial charge in [-0.05, 0) is 18.6 Å². The monoisotopic (exact) mass is 259 g/mol. The molecule has 2 rings (SSSR count). The summed E-state index contributed by atoms with van der Waals surface area (Å²) in [7, 11) is 1.22. The van der Waals surface area contributed by atoms with Crippen molar-refractivity contribution in [3.63, 3.8) is 0 Å². The van der Waals surface area contributed by atoms with Gasteiger partial charge in [0.25, 0.3) is 11.8 Å². The van der Waals surface area contributed by atoms with E-state index in [0.717, 1.165) is 4.90 Å². The molecule has 5 heteroatoms. The molecular formula is C14H13NO4. The maximum atomic E-state index is 12.2. The summed E-state index contributed by atoms with van der Waals surface area (Å²) in [5, 5.41) is 0. The van der Waals surface area contributed by atoms with Crippen LogP contribution < -0.4 is 0 Å². The van der Waals surface area contributed by atoms with Crippen molar-refractivity contribution in [2.24, 2.45) is 0 Å². The predicted octanol–water partition coefficient (Wildman–Crippen LogP) is 1.40. The van der Waals surface area contributed by atoms with E-state index in [9.17, 15) is 14.4 Å². The lowest BCUT2D eigenvalue weighted by Crippen LogP contribution is -2.45. The number of methoxy groups -OCH3 is 1. The highest BCUT2D eigenvalue weighted by Crippen LogP contribution is 2.26. The van der Waals surface area contributed by atoms with E-state index in [1.165, 1.54) is 13.2 Å². The van der Waals surface area contributed by atoms with E-state index in [2.05, 4.69) is 11.3 Å². The minimum atomic E-state index is -0.963. The third kappa shape index (κ3) is 2.03. The Balaban J connectivity index is 2.41. The lowest BCUT2D eigenvalue weighted by Gasteiger charge is -2.22. The van der Waals surface area contributed by atoms with E-state index >= 15 is 0 Å². The van der Waals surface area contributed by atoms with Gasteiger partial charge in [0, 0.05) is 0 Å². The molecule has 0 saturated carbocycles. The van der Waals surface area contributed by atoms with Crippen molar-refractivity contribution in [3.05, 3.63) is 48.0 Å². The van der Waals surface area contributed by atoms with Gasteiger partial charge in [0.2, 0.25) is 0 Å². The molecule has 0 saturated heterocycles. The molecule has 1 aliphatic heterocycles. The quantitative estimate of drug-likeness (QED) is 0.466. The first-order valence-electron chi connectivity index (χ1n) is 5.77. The van der Waals surface area contributed by atoms with Gasteiger partial charge in [0.05, 0.1) is 18.2 Å². The van der Waals surface area contributed by atoms with Gasteiger partial charge in [-0.15, -0.1) is 6.58 Å². The SMILES string of the molecule is C=CCC(C(=O)OC)N1C(=O)c2ccccc2C1=O. The van der Waals surface area contributed by atoms with Crippen molar-refractivity contribution in [2.75, 3.05) is 7.11 Å². The van der Waals surface area contributed by atoms with Gasteiger partial charge in [-0.25, -0.2) is 4.79 Å². The van der Waals surface area contributed by atoms with E-state index in [0.29, 0.717) is 11.1 Å². The van der Waals surface area contributed by atoms with Crippen LogP contribution >= 0.6 is 0 Å². The molecule has 0 fully saturated rings. The highest BCUT2D eigenvalue weighted by molar-refractivity contribution is 6.22. The van der Waals surface area contributed by atoms with E-state index in [1.807, 2.05) is 0 Å². The fourth-order valence-corrected chi connectivity index (χ4v) is 2.09. The average Bonchev–Trinajstić information content (AvgIpc) is 2.68. The molecule has 1 aromatic rings. The third-order valence-corrected chi connectivity index (χ3v) is 3.00. The number of carbonyl (C=O) groups excluding carboxylic acids is 3. The van der Waals surface area contributed by atoms with Gasteiger partial charge in [0.15, 0.2) is 0 Å². The molecule has 98 valence electrons. The minimum Gasteiger partial charge on any atom is -0.467 e. The van der Waals surface area contributed by atoms with E-state index in [1.54, 1.807) is 24.3 Å². The van der Waals surface area contributed by atoms with Crippen LogP contribution in [0, 0.1) is 0 Å². The van der Waals surface area contributed by atoms with E-state index in [4.69, 9.17) is 0 Å². The highest BCUT2D eigenvalue weighted by atomic mass is 16.5. The van der Waals surface area contributed by atoms with Crippen molar-refractivity contribution in [1.82, 2.24) is 4.90 Å². The highest BCUT2D eigenvalue weighted by Gasteiger charge is 2.42. The molecule has 0 aromatic heterocycles. The first kappa shape index (κ1) is 13.0. The number of esters is 1. The largest absolute Gasteiger partial charge is 0.467 e. The van der Waals surface area contributed by atoms with Crippen LogP contribution in [-0.2, 0) is 9.53 Å². The summed E-state index contributed by atoms with van der Waals surface area (Å²) in [5.41, 5.74) is 0.621. The fourth-order valence-electron chi connectivity index (χ4n) is 2.09. The normalized spacial score (nSPS) is 15.1. The Morgan fingerprint density at radius 3 is 2.26 bits per heavy atom. The van der Waals surface area contributed by atoms with Crippen molar-refractivity contribution < 1.29 is 19.1 Å². The number of benzene rings is 1. The van der Waals surface area contributed by atoms with Gasteiger partial charge < -0.3 is 4.74 Å². The standard InChI is InChI=1S/C14H13NO4/c1-3-6-11(14(18)19-2)15-12(16)9-7-4-5-8-10(9)13(15)17/h3-5,7-8,11H,1,6H2,2H3. The number of hydrogen-bond donors (Lipinski definition) is 0. The maximum absolute atomic E-state index is 12.2. The smallest absolute Gasteiger partial charge is 0.329 e. The van der Waals surface area contributed by atoms with Gasteiger partial charge in [0.1, 0.15) is 6.04 Å². The van der Waals surface area contributed by atoms with Crippen LogP contribution in [0.5, 0.6) is 0 Å². The Hall–Kier alpha value is -2.43. The summed E-state index contributed by atoms with van der Waals surface area (Å²) >= 11 is 0. The average molecular weight is 259 g/mol. The zero-order chi connectivity index (χ0) is 14.0. The summed E-state index contributed by atoms with van der Waals surface area (Å²) in [6, 6.07) is 5.52. The van der Waals surface area contributed by atoms with Gasteiger partial charge >= 0.3 is 5.97 Å². The first-order valence-corrected chi connectivity index (χ1v) is 5.77. The zero-order valence-electron chi connectivity index (χ0n) is 10.5. The van der Waals surface area contributed by atoms with Crippen molar-refractivity contribution >= 4 is 17.8 Å². The van der Waals surface area contributed by atoms with Crippen LogP contribution in [0.3, 0.4) is 0 Å². The summed E-state index contributed by atoms with van der Waals surface area (Å²) in [5.74, 6) is -1.58. The number of nitrogens with zero attached hydrogens (tertiary/aromatic N) is 1. The molecule has 0 aliphatic carbocycles. The van der Waals surface area contributed by atoms with Crippen LogP contribution in [0.1, 0.15) is 27.1 Å². The number of rotatable bonds is 4. The molecule has 1 heterocycles. The Kier molecular flexibility index (Phi) is 3.46. The molecule has 1 atom stereocenters. The first-order chi connectivity index (χ1) is 9.11. The number of ether oxygens (including phenoxy) is 1. The van der Waals surface area contributed by atoms with Crippen molar-refractivity contribution in [2.45, 2.75) is 12.5 Å². The second kappa shape index (κ2) is 5.06. The third-order valence-electron chi connectivity index (χ3n) is 3.00. The molecular weight excluding hydrogens is 246 g/mol. The number of amides is 2. The Bertz CT molecular complexity index is 529. The second-order valence-corrected chi connectivity index (χ2v) is 4.09. The van der Waals surface area contributed by atoms with Gasteiger partial charge in [-0.2, -0.15) is 0 Å². The predicted molar refractivity (Wildman–Crippen MR) is 67.6 cm³/mol.